The Bertz CT molecular complexity index is 603. The fourth-order valence-corrected chi connectivity index (χ4v) is 2.21. The molecule has 1 unspecified atom stereocenters. The Morgan fingerprint density at radius 3 is 2.79 bits per heavy atom. The smallest absolute Gasteiger partial charge is 0.224 e. The molecule has 0 aliphatic carbocycles. The van der Waals surface area contributed by atoms with E-state index in [4.69, 9.17) is 15.6 Å². The molecule has 5 N–H and O–H groups in total. The van der Waals surface area contributed by atoms with Crippen LogP contribution in [0.2, 0.25) is 0 Å². The van der Waals surface area contributed by atoms with Gasteiger partial charge in [0.05, 0.1) is 12.8 Å². The highest BCUT2D eigenvalue weighted by atomic mass is 16.6. The monoisotopic (exact) mass is 267 g/mol. The standard InChI is InChI=1S/C10H13N5O4/c11-10-13-3-12-9-4(1-14-15(9)10)8-7(18)6(17)5(2-16)19-8/h1,3,5-8,16-18H,2H2,(H2,11,12,13)/t5-,6-,7-,8?/m1/s1. The highest BCUT2D eigenvalue weighted by Gasteiger charge is 2.44. The molecule has 3 heterocycles. The number of ether oxygens (including phenoxy) is 1. The van der Waals surface area contributed by atoms with E-state index in [1.54, 1.807) is 0 Å². The molecule has 1 aliphatic heterocycles. The SMILES string of the molecule is Nc1ncnc2c(C3O[C@H](CO)[C@@H](O)[C@H]3O)cnn12. The van der Waals surface area contributed by atoms with Gasteiger partial charge in [-0.25, -0.2) is 9.97 Å². The third-order valence-corrected chi connectivity index (χ3v) is 3.21. The number of nitrogens with zero attached hydrogens (tertiary/aromatic N) is 4. The number of rotatable bonds is 2. The fourth-order valence-electron chi connectivity index (χ4n) is 2.21. The second-order valence-electron chi connectivity index (χ2n) is 4.33. The van der Waals surface area contributed by atoms with Crippen molar-refractivity contribution in [1.82, 2.24) is 19.6 Å². The minimum absolute atomic E-state index is 0.156. The summed E-state index contributed by atoms with van der Waals surface area (Å²) >= 11 is 0. The molecule has 0 radical (unpaired) electrons. The maximum atomic E-state index is 9.96. The zero-order valence-corrected chi connectivity index (χ0v) is 9.79. The highest BCUT2D eigenvalue weighted by Crippen LogP contribution is 2.34. The Hall–Kier alpha value is -1.81. The van der Waals surface area contributed by atoms with E-state index in [2.05, 4.69) is 15.1 Å². The van der Waals surface area contributed by atoms with Crippen molar-refractivity contribution in [3.05, 3.63) is 18.1 Å². The lowest BCUT2D eigenvalue weighted by atomic mass is 10.0. The summed E-state index contributed by atoms with van der Waals surface area (Å²) in [6.45, 7) is -0.384. The average molecular weight is 267 g/mol. The zero-order valence-electron chi connectivity index (χ0n) is 9.79. The van der Waals surface area contributed by atoms with Crippen LogP contribution in [0.4, 0.5) is 5.95 Å². The first kappa shape index (κ1) is 12.2. The molecule has 4 atom stereocenters. The summed E-state index contributed by atoms with van der Waals surface area (Å²) in [5.41, 5.74) is 6.51. The predicted octanol–water partition coefficient (Wildman–Crippen LogP) is -2.14. The Morgan fingerprint density at radius 2 is 2.11 bits per heavy atom. The molecule has 9 heteroatoms. The van der Waals surface area contributed by atoms with Crippen molar-refractivity contribution < 1.29 is 20.1 Å². The molecule has 0 bridgehead atoms. The van der Waals surface area contributed by atoms with Gasteiger partial charge in [-0.15, -0.1) is 0 Å². The number of nitrogens with two attached hydrogens (primary N) is 1. The summed E-state index contributed by atoms with van der Waals surface area (Å²) in [5, 5.41) is 32.8. The Morgan fingerprint density at radius 1 is 1.32 bits per heavy atom. The van der Waals surface area contributed by atoms with Crippen LogP contribution in [0.15, 0.2) is 12.5 Å². The van der Waals surface area contributed by atoms with Gasteiger partial charge < -0.3 is 25.8 Å². The molecule has 1 saturated heterocycles. The van der Waals surface area contributed by atoms with Crippen molar-refractivity contribution in [2.45, 2.75) is 24.4 Å². The predicted molar refractivity (Wildman–Crippen MR) is 61.9 cm³/mol. The van der Waals surface area contributed by atoms with Crippen molar-refractivity contribution >= 4 is 11.6 Å². The maximum Gasteiger partial charge on any atom is 0.224 e. The molecule has 1 fully saturated rings. The van der Waals surface area contributed by atoms with Crippen molar-refractivity contribution in [3.8, 4) is 0 Å². The zero-order chi connectivity index (χ0) is 13.6. The maximum absolute atomic E-state index is 9.96. The van der Waals surface area contributed by atoms with E-state index in [1.165, 1.54) is 17.0 Å². The number of nitrogen functional groups attached to an aromatic ring is 1. The lowest BCUT2D eigenvalue weighted by Gasteiger charge is -2.12. The van der Waals surface area contributed by atoms with Crippen molar-refractivity contribution in [2.24, 2.45) is 0 Å². The molecule has 102 valence electrons. The average Bonchev–Trinajstić information content (AvgIpc) is 2.94. The van der Waals surface area contributed by atoms with Crippen molar-refractivity contribution in [1.29, 1.82) is 0 Å². The van der Waals surface area contributed by atoms with Gasteiger partial charge in [0.15, 0.2) is 5.65 Å². The molecule has 0 spiro atoms. The lowest BCUT2D eigenvalue weighted by molar-refractivity contribution is -0.0224. The van der Waals surface area contributed by atoms with Crippen LogP contribution in [-0.4, -0.2) is 59.8 Å². The molecule has 2 aromatic rings. The van der Waals surface area contributed by atoms with Crippen molar-refractivity contribution in [3.63, 3.8) is 0 Å². The number of aromatic nitrogens is 4. The number of aliphatic hydroxyl groups is 3. The molecular formula is C10H13N5O4. The number of anilines is 1. The largest absolute Gasteiger partial charge is 0.394 e. The molecule has 0 saturated carbocycles. The molecular weight excluding hydrogens is 254 g/mol. The van der Waals surface area contributed by atoms with Gasteiger partial charge in [0.2, 0.25) is 5.95 Å². The molecule has 2 aromatic heterocycles. The van der Waals surface area contributed by atoms with Crippen molar-refractivity contribution in [2.75, 3.05) is 12.3 Å². The Kier molecular flexibility index (Phi) is 2.82. The van der Waals surface area contributed by atoms with E-state index in [0.29, 0.717) is 11.2 Å². The molecule has 3 rings (SSSR count). The van der Waals surface area contributed by atoms with E-state index in [-0.39, 0.29) is 12.6 Å². The molecule has 0 amide bonds. The topological polar surface area (TPSA) is 139 Å². The number of hydrogen-bond donors (Lipinski definition) is 4. The molecule has 19 heavy (non-hydrogen) atoms. The second kappa shape index (κ2) is 4.38. The van der Waals surface area contributed by atoms with Crippen LogP contribution in [0.25, 0.3) is 5.65 Å². The lowest BCUT2D eigenvalue weighted by Crippen LogP contribution is -2.32. The van der Waals surface area contributed by atoms with Crippen LogP contribution in [0.1, 0.15) is 11.7 Å². The second-order valence-corrected chi connectivity index (χ2v) is 4.33. The first-order chi connectivity index (χ1) is 9.13. The molecule has 1 aliphatic rings. The van der Waals surface area contributed by atoms with Gasteiger partial charge in [-0.2, -0.15) is 9.61 Å². The first-order valence-electron chi connectivity index (χ1n) is 5.70. The number of hydrogen-bond acceptors (Lipinski definition) is 8. The summed E-state index contributed by atoms with van der Waals surface area (Å²) in [6.07, 6.45) is -1.27. The Balaban J connectivity index is 2.04. The molecule has 0 aromatic carbocycles. The van der Waals surface area contributed by atoms with Crippen LogP contribution >= 0.6 is 0 Å². The summed E-state index contributed by atoms with van der Waals surface area (Å²) in [5.74, 6) is 0.156. The third kappa shape index (κ3) is 1.75. The number of aliphatic hydroxyl groups excluding tert-OH is 3. The van der Waals surface area contributed by atoms with Crippen LogP contribution < -0.4 is 5.73 Å². The van der Waals surface area contributed by atoms with Gasteiger partial charge >= 0.3 is 0 Å². The highest BCUT2D eigenvalue weighted by molar-refractivity contribution is 5.50. The van der Waals surface area contributed by atoms with Crippen LogP contribution in [0, 0.1) is 0 Å². The van der Waals surface area contributed by atoms with E-state index in [9.17, 15) is 10.2 Å². The van der Waals surface area contributed by atoms with E-state index < -0.39 is 24.4 Å². The normalized spacial score (nSPS) is 31.1. The fraction of sp³-hybridized carbons (Fsp3) is 0.500. The summed E-state index contributed by atoms with van der Waals surface area (Å²) in [6, 6.07) is 0. The van der Waals surface area contributed by atoms with Gasteiger partial charge in [-0.3, -0.25) is 0 Å². The minimum atomic E-state index is -1.17. The summed E-state index contributed by atoms with van der Waals surface area (Å²) in [4.78, 5) is 7.82. The van der Waals surface area contributed by atoms with Gasteiger partial charge in [0, 0.05) is 5.56 Å². The summed E-state index contributed by atoms with van der Waals surface area (Å²) < 4.78 is 6.73. The van der Waals surface area contributed by atoms with E-state index >= 15 is 0 Å². The third-order valence-electron chi connectivity index (χ3n) is 3.21. The van der Waals surface area contributed by atoms with Crippen LogP contribution in [0.3, 0.4) is 0 Å². The number of fused-ring (bicyclic) bond motifs is 1. The van der Waals surface area contributed by atoms with Gasteiger partial charge in [-0.05, 0) is 0 Å². The van der Waals surface area contributed by atoms with Gasteiger partial charge in [0.25, 0.3) is 0 Å². The minimum Gasteiger partial charge on any atom is -0.394 e. The Labute approximate surface area is 107 Å². The molecule has 9 nitrogen and oxygen atoms in total. The van der Waals surface area contributed by atoms with Crippen LogP contribution in [0.5, 0.6) is 0 Å². The van der Waals surface area contributed by atoms with Crippen LogP contribution in [-0.2, 0) is 4.74 Å². The van der Waals surface area contributed by atoms with E-state index in [0.717, 1.165) is 0 Å². The van der Waals surface area contributed by atoms with Gasteiger partial charge in [0.1, 0.15) is 30.7 Å². The quantitative estimate of drug-likeness (QED) is 0.483. The van der Waals surface area contributed by atoms with E-state index in [1.807, 2.05) is 0 Å². The first-order valence-corrected chi connectivity index (χ1v) is 5.70. The van der Waals surface area contributed by atoms with Gasteiger partial charge in [-0.1, -0.05) is 0 Å². The summed E-state index contributed by atoms with van der Waals surface area (Å²) in [7, 11) is 0.